The van der Waals surface area contributed by atoms with Gasteiger partial charge in [-0.1, -0.05) is 29.3 Å². The van der Waals surface area contributed by atoms with Crippen LogP contribution in [0.4, 0.5) is 0 Å². The predicted octanol–water partition coefficient (Wildman–Crippen LogP) is 5.72. The third-order valence-corrected chi connectivity index (χ3v) is 7.04. The fourth-order valence-electron chi connectivity index (χ4n) is 4.60. The van der Waals surface area contributed by atoms with Crippen molar-refractivity contribution in [3.8, 4) is 5.69 Å². The van der Waals surface area contributed by atoms with Crippen LogP contribution >= 0.6 is 35.4 Å². The number of pyridine rings is 1. The molecule has 2 aromatic heterocycles. The molecule has 0 aliphatic carbocycles. The highest BCUT2D eigenvalue weighted by molar-refractivity contribution is 7.80. The number of carbonyl (C=O) groups is 1. The standard InChI is InChI=1S/C25H26Cl2N4O2S/c1-15-13-18(16(2)31(15)21-10-9-17(26)14-19(21)27)24-23(20-7-4-5-11-28-20)29-25(34)30(24)12-6-8-22(32)33-3/h4-5,7,9-11,13-14,23-24H,6,8,12H2,1-3H3,(H,29,34)/t23-,24+/m1/s1. The Morgan fingerprint density at radius 3 is 2.68 bits per heavy atom. The monoisotopic (exact) mass is 516 g/mol. The second kappa shape index (κ2) is 10.3. The van der Waals surface area contributed by atoms with Gasteiger partial charge in [0.05, 0.1) is 35.6 Å². The summed E-state index contributed by atoms with van der Waals surface area (Å²) in [5.74, 6) is -0.230. The molecule has 0 saturated carbocycles. The van der Waals surface area contributed by atoms with Gasteiger partial charge in [-0.3, -0.25) is 9.78 Å². The van der Waals surface area contributed by atoms with E-state index in [9.17, 15) is 4.79 Å². The lowest BCUT2D eigenvalue weighted by Gasteiger charge is -2.28. The summed E-state index contributed by atoms with van der Waals surface area (Å²) < 4.78 is 6.95. The van der Waals surface area contributed by atoms with E-state index in [0.29, 0.717) is 34.5 Å². The maximum Gasteiger partial charge on any atom is 0.305 e. The molecular weight excluding hydrogens is 491 g/mol. The van der Waals surface area contributed by atoms with Gasteiger partial charge >= 0.3 is 5.97 Å². The highest BCUT2D eigenvalue weighted by Crippen LogP contribution is 2.42. The third-order valence-electron chi connectivity index (χ3n) is 6.14. The molecule has 3 heterocycles. The predicted molar refractivity (Wildman–Crippen MR) is 139 cm³/mol. The van der Waals surface area contributed by atoms with Crippen molar-refractivity contribution in [2.45, 2.75) is 38.8 Å². The first kappa shape index (κ1) is 24.5. The number of benzene rings is 1. The Morgan fingerprint density at radius 1 is 1.21 bits per heavy atom. The summed E-state index contributed by atoms with van der Waals surface area (Å²) >= 11 is 18.4. The zero-order valence-corrected chi connectivity index (χ0v) is 21.5. The van der Waals surface area contributed by atoms with Crippen LogP contribution in [0.25, 0.3) is 5.69 Å². The van der Waals surface area contributed by atoms with Gasteiger partial charge in [0.1, 0.15) is 0 Å². The summed E-state index contributed by atoms with van der Waals surface area (Å²) in [5.41, 5.74) is 4.98. The second-order valence-corrected chi connectivity index (χ2v) is 9.49. The summed E-state index contributed by atoms with van der Waals surface area (Å²) in [6.07, 6.45) is 2.74. The van der Waals surface area contributed by atoms with Gasteiger partial charge in [-0.2, -0.15) is 0 Å². The van der Waals surface area contributed by atoms with E-state index in [1.807, 2.05) is 30.3 Å². The lowest BCUT2D eigenvalue weighted by molar-refractivity contribution is -0.140. The van der Waals surface area contributed by atoms with E-state index in [1.54, 1.807) is 12.3 Å². The van der Waals surface area contributed by atoms with Crippen molar-refractivity contribution in [1.82, 2.24) is 19.8 Å². The van der Waals surface area contributed by atoms with Crippen LogP contribution in [0.5, 0.6) is 0 Å². The number of carbonyl (C=O) groups excluding carboxylic acids is 1. The molecule has 1 aliphatic rings. The van der Waals surface area contributed by atoms with Gasteiger partial charge in [-0.25, -0.2) is 0 Å². The molecule has 0 amide bonds. The van der Waals surface area contributed by atoms with Crippen molar-refractivity contribution in [2.75, 3.05) is 13.7 Å². The van der Waals surface area contributed by atoms with Crippen molar-refractivity contribution >= 4 is 46.5 Å². The lowest BCUT2D eigenvalue weighted by atomic mass is 9.96. The molecule has 0 radical (unpaired) electrons. The molecule has 1 aliphatic heterocycles. The highest BCUT2D eigenvalue weighted by Gasteiger charge is 2.41. The molecule has 1 N–H and O–H groups in total. The summed E-state index contributed by atoms with van der Waals surface area (Å²) in [6, 6.07) is 13.3. The average Bonchev–Trinajstić information content (AvgIpc) is 3.29. The van der Waals surface area contributed by atoms with E-state index in [4.69, 9.17) is 40.2 Å². The topological polar surface area (TPSA) is 59.4 Å². The molecule has 1 fully saturated rings. The zero-order chi connectivity index (χ0) is 24.4. The van der Waals surface area contributed by atoms with Crippen LogP contribution < -0.4 is 5.32 Å². The lowest BCUT2D eigenvalue weighted by Crippen LogP contribution is -2.31. The van der Waals surface area contributed by atoms with Gasteiger partial charge in [0.15, 0.2) is 5.11 Å². The van der Waals surface area contributed by atoms with Crippen LogP contribution in [0.3, 0.4) is 0 Å². The van der Waals surface area contributed by atoms with Crippen LogP contribution in [0.1, 0.15) is 47.6 Å². The number of nitrogens with zero attached hydrogens (tertiary/aromatic N) is 3. The minimum atomic E-state index is -0.230. The van der Waals surface area contributed by atoms with E-state index in [2.05, 4.69) is 39.7 Å². The minimum Gasteiger partial charge on any atom is -0.469 e. The first-order valence-electron chi connectivity index (χ1n) is 11.0. The van der Waals surface area contributed by atoms with E-state index in [0.717, 1.165) is 28.3 Å². The molecule has 1 aromatic carbocycles. The molecule has 3 aromatic rings. The average molecular weight is 517 g/mol. The Morgan fingerprint density at radius 2 is 2.00 bits per heavy atom. The van der Waals surface area contributed by atoms with Gasteiger partial charge in [-0.15, -0.1) is 0 Å². The Balaban J connectivity index is 1.77. The molecule has 0 unspecified atom stereocenters. The summed E-state index contributed by atoms with van der Waals surface area (Å²) in [6.45, 7) is 4.75. The number of thiocarbonyl (C=S) groups is 1. The third kappa shape index (κ3) is 4.78. The van der Waals surface area contributed by atoms with Gasteiger partial charge in [0.2, 0.25) is 0 Å². The molecule has 4 rings (SSSR count). The number of nitrogens with one attached hydrogen (secondary N) is 1. The number of hydrogen-bond acceptors (Lipinski definition) is 4. The molecule has 9 heteroatoms. The smallest absolute Gasteiger partial charge is 0.305 e. The number of rotatable bonds is 7. The quantitative estimate of drug-likeness (QED) is 0.320. The Hall–Kier alpha value is -2.61. The van der Waals surface area contributed by atoms with Gasteiger partial charge in [0, 0.05) is 35.6 Å². The first-order valence-corrected chi connectivity index (χ1v) is 12.2. The van der Waals surface area contributed by atoms with E-state index in [-0.39, 0.29) is 18.1 Å². The molecule has 1 saturated heterocycles. The van der Waals surface area contributed by atoms with Gasteiger partial charge in [0.25, 0.3) is 0 Å². The number of halogens is 2. The van der Waals surface area contributed by atoms with E-state index >= 15 is 0 Å². The Kier molecular flexibility index (Phi) is 7.45. The van der Waals surface area contributed by atoms with Crippen LogP contribution in [0, 0.1) is 13.8 Å². The van der Waals surface area contributed by atoms with Crippen LogP contribution in [-0.4, -0.2) is 39.2 Å². The number of hydrogen-bond donors (Lipinski definition) is 1. The normalized spacial score (nSPS) is 17.7. The number of methoxy groups -OCH3 is 1. The second-order valence-electron chi connectivity index (χ2n) is 8.26. The molecular formula is C25H26Cl2N4O2S. The highest BCUT2D eigenvalue weighted by atomic mass is 35.5. The van der Waals surface area contributed by atoms with Gasteiger partial charge < -0.3 is 19.5 Å². The van der Waals surface area contributed by atoms with Gasteiger partial charge in [-0.05, 0) is 74.4 Å². The fraction of sp³-hybridized carbons (Fsp3) is 0.320. The van der Waals surface area contributed by atoms with Crippen LogP contribution in [0.2, 0.25) is 10.0 Å². The van der Waals surface area contributed by atoms with Crippen molar-refractivity contribution in [1.29, 1.82) is 0 Å². The maximum absolute atomic E-state index is 11.7. The Bertz CT molecular complexity index is 1220. The molecule has 2 atom stereocenters. The maximum atomic E-state index is 11.7. The molecule has 0 spiro atoms. The van der Waals surface area contributed by atoms with Crippen molar-refractivity contribution in [3.63, 3.8) is 0 Å². The van der Waals surface area contributed by atoms with Crippen molar-refractivity contribution < 1.29 is 9.53 Å². The fourth-order valence-corrected chi connectivity index (χ4v) is 5.43. The molecule has 178 valence electrons. The van der Waals surface area contributed by atoms with Crippen molar-refractivity contribution in [2.24, 2.45) is 0 Å². The summed E-state index contributed by atoms with van der Waals surface area (Å²) in [7, 11) is 1.40. The zero-order valence-electron chi connectivity index (χ0n) is 19.2. The molecule has 0 bridgehead atoms. The van der Waals surface area contributed by atoms with E-state index < -0.39 is 0 Å². The molecule has 34 heavy (non-hydrogen) atoms. The largest absolute Gasteiger partial charge is 0.469 e. The number of aromatic nitrogens is 2. The molecule has 6 nitrogen and oxygen atoms in total. The number of ether oxygens (including phenoxy) is 1. The SMILES string of the molecule is COC(=O)CCCN1C(=S)N[C@H](c2ccccn2)[C@@H]1c1cc(C)n(-c2ccc(Cl)cc2Cl)c1C. The van der Waals surface area contributed by atoms with Crippen molar-refractivity contribution in [3.05, 3.63) is 81.4 Å². The summed E-state index contributed by atoms with van der Waals surface area (Å²) in [5, 5.41) is 5.27. The van der Waals surface area contributed by atoms with Crippen LogP contribution in [0.15, 0.2) is 48.7 Å². The number of esters is 1. The minimum absolute atomic E-state index is 0.105. The first-order chi connectivity index (χ1) is 16.3. The Labute approximate surface area is 214 Å². The van der Waals surface area contributed by atoms with E-state index in [1.165, 1.54) is 7.11 Å². The van der Waals surface area contributed by atoms with Crippen LogP contribution in [-0.2, 0) is 9.53 Å². The number of aryl methyl sites for hydroxylation is 1. The summed E-state index contributed by atoms with van der Waals surface area (Å²) in [4.78, 5) is 18.4.